The van der Waals surface area contributed by atoms with Gasteiger partial charge >= 0.3 is 13.8 Å². The topological polar surface area (TPSA) is 159 Å². The van der Waals surface area contributed by atoms with Crippen molar-refractivity contribution >= 4 is 19.7 Å². The van der Waals surface area contributed by atoms with Crippen LogP contribution >= 0.6 is 7.82 Å². The molecule has 1 aromatic rings. The van der Waals surface area contributed by atoms with E-state index in [1.165, 1.54) is 6.92 Å². The van der Waals surface area contributed by atoms with Crippen LogP contribution in [-0.2, 0) is 25.1 Å². The van der Waals surface area contributed by atoms with Gasteiger partial charge in [0.15, 0.2) is 0 Å². The molecule has 0 aliphatic carbocycles. The second-order valence-electron chi connectivity index (χ2n) is 4.92. The van der Waals surface area contributed by atoms with Gasteiger partial charge in [-0.3, -0.25) is 9.32 Å². The van der Waals surface area contributed by atoms with Gasteiger partial charge in [-0.2, -0.15) is 0 Å². The van der Waals surface area contributed by atoms with Crippen LogP contribution in [0, 0.1) is 0 Å². The van der Waals surface area contributed by atoms with E-state index in [9.17, 15) is 19.3 Å². The summed E-state index contributed by atoms with van der Waals surface area (Å²) in [6.07, 6.45) is -1.25. The molecule has 23 heavy (non-hydrogen) atoms. The van der Waals surface area contributed by atoms with Crippen LogP contribution in [0.25, 0.3) is 0 Å². The molecular weight excluding hydrogens is 327 g/mol. The lowest BCUT2D eigenvalue weighted by Gasteiger charge is -2.22. The zero-order valence-corrected chi connectivity index (χ0v) is 13.2. The lowest BCUT2D eigenvalue weighted by molar-refractivity contribution is -0.142. The molecule has 6 N–H and O–H groups in total. The zero-order chi connectivity index (χ0) is 17.6. The minimum absolute atomic E-state index is 0.0440. The van der Waals surface area contributed by atoms with E-state index in [0.717, 1.165) is 0 Å². The molecule has 0 aliphatic rings. The summed E-state index contributed by atoms with van der Waals surface area (Å²) < 4.78 is 15.0. The number of phosphoric ester groups is 1. The van der Waals surface area contributed by atoms with Crippen LogP contribution in [0.4, 0.5) is 0 Å². The average molecular weight is 346 g/mol. The van der Waals surface area contributed by atoms with Crippen molar-refractivity contribution in [2.45, 2.75) is 31.5 Å². The van der Waals surface area contributed by atoms with Crippen molar-refractivity contribution in [2.24, 2.45) is 5.73 Å². The van der Waals surface area contributed by atoms with Gasteiger partial charge in [-0.25, -0.2) is 9.36 Å². The van der Waals surface area contributed by atoms with Gasteiger partial charge in [0, 0.05) is 6.42 Å². The minimum Gasteiger partial charge on any atom is -0.480 e. The smallest absolute Gasteiger partial charge is 0.469 e. The molecule has 3 atom stereocenters. The highest BCUT2D eigenvalue weighted by Gasteiger charge is 2.30. The number of rotatable bonds is 8. The first-order valence-corrected chi connectivity index (χ1v) is 8.20. The Hall–Kier alpha value is -1.77. The summed E-state index contributed by atoms with van der Waals surface area (Å²) in [6, 6.07) is 6.01. The number of carbonyl (C=O) groups excluding carboxylic acids is 1. The van der Waals surface area contributed by atoms with E-state index in [1.807, 2.05) is 0 Å². The number of carboxylic acids is 1. The monoisotopic (exact) mass is 346 g/mol. The van der Waals surface area contributed by atoms with Crippen molar-refractivity contribution in [2.75, 3.05) is 0 Å². The standard InChI is InChI=1S/C13H19N2O7P/c1-8(22-23(19,20)21)11(14)12(16)15-10(13(17)18)7-9-5-3-2-4-6-9/h2-6,8,10-11H,7,14H2,1H3,(H,15,16)(H,17,18)(H2,19,20,21)/t8-,10+,11+/m1/s1. The number of nitrogens with one attached hydrogen (secondary N) is 1. The fraction of sp³-hybridized carbons (Fsp3) is 0.385. The summed E-state index contributed by atoms with van der Waals surface area (Å²) >= 11 is 0. The van der Waals surface area contributed by atoms with Crippen LogP contribution in [0.5, 0.6) is 0 Å². The van der Waals surface area contributed by atoms with E-state index in [2.05, 4.69) is 9.84 Å². The fourth-order valence-electron chi connectivity index (χ4n) is 1.81. The average Bonchev–Trinajstić information content (AvgIpc) is 2.44. The fourth-order valence-corrected chi connectivity index (χ4v) is 2.38. The van der Waals surface area contributed by atoms with Crippen molar-refractivity contribution in [3.8, 4) is 0 Å². The number of amides is 1. The van der Waals surface area contributed by atoms with Gasteiger partial charge in [0.05, 0.1) is 6.10 Å². The Bertz CT molecular complexity index is 589. The Balaban J connectivity index is 2.70. The Kier molecular flexibility index (Phi) is 6.86. The number of aliphatic carboxylic acids is 1. The predicted molar refractivity (Wildman–Crippen MR) is 80.3 cm³/mol. The molecule has 0 unspecified atom stereocenters. The number of hydrogen-bond donors (Lipinski definition) is 5. The molecule has 0 bridgehead atoms. The number of benzene rings is 1. The van der Waals surface area contributed by atoms with Crippen LogP contribution in [0.3, 0.4) is 0 Å². The molecule has 0 saturated carbocycles. The second kappa shape index (κ2) is 8.19. The minimum atomic E-state index is -4.80. The van der Waals surface area contributed by atoms with Gasteiger partial charge in [0.25, 0.3) is 0 Å². The number of nitrogens with two attached hydrogens (primary N) is 1. The third kappa shape index (κ3) is 6.89. The van der Waals surface area contributed by atoms with E-state index in [-0.39, 0.29) is 6.42 Å². The highest BCUT2D eigenvalue weighted by Crippen LogP contribution is 2.37. The molecule has 0 saturated heterocycles. The maximum Gasteiger partial charge on any atom is 0.469 e. The summed E-state index contributed by atoms with van der Waals surface area (Å²) in [5, 5.41) is 11.4. The maximum atomic E-state index is 11.9. The van der Waals surface area contributed by atoms with Crippen LogP contribution < -0.4 is 11.1 Å². The molecule has 0 spiro atoms. The first kappa shape index (κ1) is 19.3. The molecule has 1 rings (SSSR count). The Morgan fingerprint density at radius 2 is 1.87 bits per heavy atom. The molecule has 10 heteroatoms. The van der Waals surface area contributed by atoms with Crippen LogP contribution in [-0.4, -0.2) is 45.0 Å². The molecule has 1 aromatic carbocycles. The van der Waals surface area contributed by atoms with Crippen LogP contribution in [0.2, 0.25) is 0 Å². The number of phosphoric acid groups is 1. The molecule has 1 amide bonds. The normalized spacial score (nSPS) is 15.5. The summed E-state index contributed by atoms with van der Waals surface area (Å²) in [4.78, 5) is 40.6. The van der Waals surface area contributed by atoms with E-state index >= 15 is 0 Å². The number of hydrogen-bond acceptors (Lipinski definition) is 5. The summed E-state index contributed by atoms with van der Waals surface area (Å²) in [6.45, 7) is 1.20. The second-order valence-corrected chi connectivity index (χ2v) is 6.11. The molecule has 0 aromatic heterocycles. The molecule has 9 nitrogen and oxygen atoms in total. The van der Waals surface area contributed by atoms with Gasteiger partial charge in [0.2, 0.25) is 5.91 Å². The zero-order valence-electron chi connectivity index (χ0n) is 12.3. The van der Waals surface area contributed by atoms with Gasteiger partial charge in [0.1, 0.15) is 12.1 Å². The summed E-state index contributed by atoms with van der Waals surface area (Å²) in [7, 11) is -4.80. The highest BCUT2D eigenvalue weighted by atomic mass is 31.2. The first-order chi connectivity index (χ1) is 10.6. The molecule has 0 heterocycles. The molecule has 128 valence electrons. The van der Waals surface area contributed by atoms with E-state index in [1.54, 1.807) is 30.3 Å². The maximum absolute atomic E-state index is 11.9. The van der Waals surface area contributed by atoms with Gasteiger partial charge in [-0.15, -0.1) is 0 Å². The molecule has 0 fully saturated rings. The van der Waals surface area contributed by atoms with Gasteiger partial charge in [-0.1, -0.05) is 30.3 Å². The lowest BCUT2D eigenvalue weighted by atomic mass is 10.1. The molecule has 0 radical (unpaired) electrons. The quantitative estimate of drug-likeness (QED) is 0.398. The molecule has 0 aliphatic heterocycles. The van der Waals surface area contributed by atoms with E-state index < -0.39 is 37.9 Å². The van der Waals surface area contributed by atoms with Crippen molar-refractivity contribution in [1.82, 2.24) is 5.32 Å². The lowest BCUT2D eigenvalue weighted by Crippen LogP contribution is -2.53. The van der Waals surface area contributed by atoms with E-state index in [0.29, 0.717) is 5.56 Å². The largest absolute Gasteiger partial charge is 0.480 e. The van der Waals surface area contributed by atoms with E-state index in [4.69, 9.17) is 15.5 Å². The van der Waals surface area contributed by atoms with Crippen molar-refractivity contribution < 1.29 is 33.6 Å². The first-order valence-electron chi connectivity index (χ1n) is 6.67. The van der Waals surface area contributed by atoms with Gasteiger partial charge in [-0.05, 0) is 12.5 Å². The van der Waals surface area contributed by atoms with Gasteiger partial charge < -0.3 is 25.9 Å². The highest BCUT2D eigenvalue weighted by molar-refractivity contribution is 7.46. The predicted octanol–water partition coefficient (Wildman–Crippen LogP) is -0.376. The Labute approximate surface area is 132 Å². The summed E-state index contributed by atoms with van der Waals surface area (Å²) in [5.74, 6) is -2.13. The molecular formula is C13H19N2O7P. The van der Waals surface area contributed by atoms with Crippen LogP contribution in [0.1, 0.15) is 12.5 Å². The van der Waals surface area contributed by atoms with Crippen LogP contribution in [0.15, 0.2) is 30.3 Å². The Morgan fingerprint density at radius 1 is 1.30 bits per heavy atom. The SMILES string of the molecule is C[C@@H](OP(=O)(O)O)[C@H](N)C(=O)N[C@@H](Cc1ccccc1)C(=O)O. The number of carboxylic acid groups (broad SMARTS) is 1. The van der Waals surface area contributed by atoms with Crippen molar-refractivity contribution in [3.63, 3.8) is 0 Å². The third-order valence-corrected chi connectivity index (χ3v) is 3.62. The Morgan fingerprint density at radius 3 is 2.35 bits per heavy atom. The third-order valence-electron chi connectivity index (χ3n) is 3.01. The van der Waals surface area contributed by atoms with Crippen molar-refractivity contribution in [3.05, 3.63) is 35.9 Å². The van der Waals surface area contributed by atoms with Crippen molar-refractivity contribution in [1.29, 1.82) is 0 Å². The number of carbonyl (C=O) groups is 2. The summed E-state index contributed by atoms with van der Waals surface area (Å²) in [5.41, 5.74) is 6.24.